The summed E-state index contributed by atoms with van der Waals surface area (Å²) in [5, 5.41) is 14.0. The van der Waals surface area contributed by atoms with Crippen LogP contribution in [0.2, 0.25) is 0 Å². The van der Waals surface area contributed by atoms with Crippen molar-refractivity contribution in [2.45, 2.75) is 13.5 Å². The molecule has 3 aromatic rings. The van der Waals surface area contributed by atoms with E-state index in [0.29, 0.717) is 12.4 Å². The van der Waals surface area contributed by atoms with Crippen LogP contribution in [0.3, 0.4) is 0 Å². The van der Waals surface area contributed by atoms with Crippen molar-refractivity contribution >= 4 is 17.4 Å². The van der Waals surface area contributed by atoms with Crippen molar-refractivity contribution in [2.75, 3.05) is 12.4 Å². The van der Waals surface area contributed by atoms with E-state index in [-0.39, 0.29) is 11.6 Å². The Labute approximate surface area is 152 Å². The quantitative estimate of drug-likeness (QED) is 0.713. The lowest BCUT2D eigenvalue weighted by Gasteiger charge is -2.07. The third kappa shape index (κ3) is 4.57. The summed E-state index contributed by atoms with van der Waals surface area (Å²) < 4.78 is 5.12. The second kappa shape index (κ2) is 8.11. The smallest absolute Gasteiger partial charge is 0.272 e. The number of amides is 1. The normalized spacial score (nSPS) is 10.2. The van der Waals surface area contributed by atoms with Crippen LogP contribution in [-0.2, 0) is 6.54 Å². The highest BCUT2D eigenvalue weighted by Gasteiger charge is 2.08. The Morgan fingerprint density at radius 1 is 1.04 bits per heavy atom. The van der Waals surface area contributed by atoms with Crippen LogP contribution in [0.15, 0.2) is 60.7 Å². The first-order valence-corrected chi connectivity index (χ1v) is 8.22. The van der Waals surface area contributed by atoms with Gasteiger partial charge in [0.2, 0.25) is 0 Å². The van der Waals surface area contributed by atoms with Crippen LogP contribution in [0.1, 0.15) is 21.6 Å². The van der Waals surface area contributed by atoms with Crippen LogP contribution >= 0.6 is 0 Å². The van der Waals surface area contributed by atoms with Crippen LogP contribution < -0.4 is 15.4 Å². The first-order chi connectivity index (χ1) is 12.6. The average molecular weight is 348 g/mol. The molecule has 0 fully saturated rings. The zero-order chi connectivity index (χ0) is 18.4. The van der Waals surface area contributed by atoms with Crippen molar-refractivity contribution in [3.63, 3.8) is 0 Å². The lowest BCUT2D eigenvalue weighted by Crippen LogP contribution is -2.24. The standard InChI is InChI=1S/C20H20N4O2/c1-14-4-3-5-15(12-14)13-21-20(25)18-10-11-19(24-23-18)22-16-6-8-17(26-2)9-7-16/h3-12H,13H2,1-2H3,(H,21,25)(H,22,24). The Hall–Kier alpha value is -3.41. The van der Waals surface area contributed by atoms with Gasteiger partial charge >= 0.3 is 0 Å². The van der Waals surface area contributed by atoms with Gasteiger partial charge in [0.15, 0.2) is 11.5 Å². The van der Waals surface area contributed by atoms with Crippen molar-refractivity contribution in [1.29, 1.82) is 0 Å². The number of nitrogens with one attached hydrogen (secondary N) is 2. The second-order valence-corrected chi connectivity index (χ2v) is 5.83. The minimum Gasteiger partial charge on any atom is -0.497 e. The van der Waals surface area contributed by atoms with Gasteiger partial charge in [0.1, 0.15) is 5.75 Å². The Morgan fingerprint density at radius 3 is 2.50 bits per heavy atom. The van der Waals surface area contributed by atoms with Gasteiger partial charge in [0.25, 0.3) is 5.91 Å². The summed E-state index contributed by atoms with van der Waals surface area (Å²) >= 11 is 0. The fourth-order valence-corrected chi connectivity index (χ4v) is 2.44. The van der Waals surface area contributed by atoms with Gasteiger partial charge in [-0.05, 0) is 48.9 Å². The summed E-state index contributed by atoms with van der Waals surface area (Å²) in [5.74, 6) is 1.09. The van der Waals surface area contributed by atoms with E-state index in [1.54, 1.807) is 19.2 Å². The molecule has 6 heteroatoms. The molecule has 1 amide bonds. The summed E-state index contributed by atoms with van der Waals surface area (Å²) in [6.45, 7) is 2.47. The molecule has 1 heterocycles. The molecule has 0 radical (unpaired) electrons. The molecule has 0 atom stereocenters. The van der Waals surface area contributed by atoms with Crippen LogP contribution in [0.5, 0.6) is 5.75 Å². The molecule has 2 aromatic carbocycles. The molecule has 0 aliphatic rings. The van der Waals surface area contributed by atoms with Crippen molar-refractivity contribution < 1.29 is 9.53 Å². The molecule has 6 nitrogen and oxygen atoms in total. The Morgan fingerprint density at radius 2 is 1.85 bits per heavy atom. The van der Waals surface area contributed by atoms with Gasteiger partial charge in [-0.3, -0.25) is 4.79 Å². The van der Waals surface area contributed by atoms with Crippen molar-refractivity contribution in [2.24, 2.45) is 0 Å². The largest absolute Gasteiger partial charge is 0.497 e. The highest BCUT2D eigenvalue weighted by atomic mass is 16.5. The molecule has 0 aliphatic carbocycles. The molecule has 0 saturated heterocycles. The van der Waals surface area contributed by atoms with Gasteiger partial charge in [-0.2, -0.15) is 0 Å². The maximum atomic E-state index is 12.2. The van der Waals surface area contributed by atoms with Crippen LogP contribution in [0.25, 0.3) is 0 Å². The van der Waals surface area contributed by atoms with Crippen LogP contribution in [-0.4, -0.2) is 23.2 Å². The van der Waals surface area contributed by atoms with Gasteiger partial charge in [-0.1, -0.05) is 29.8 Å². The Balaban J connectivity index is 1.58. The highest BCUT2D eigenvalue weighted by Crippen LogP contribution is 2.18. The highest BCUT2D eigenvalue weighted by molar-refractivity contribution is 5.92. The number of nitrogens with zero attached hydrogens (tertiary/aromatic N) is 2. The zero-order valence-corrected chi connectivity index (χ0v) is 14.7. The fraction of sp³-hybridized carbons (Fsp3) is 0.150. The lowest BCUT2D eigenvalue weighted by atomic mass is 10.1. The maximum Gasteiger partial charge on any atom is 0.272 e. The summed E-state index contributed by atoms with van der Waals surface area (Å²) in [5.41, 5.74) is 3.34. The predicted octanol–water partition coefficient (Wildman–Crippen LogP) is 3.47. The molecule has 132 valence electrons. The van der Waals surface area contributed by atoms with E-state index in [1.165, 1.54) is 0 Å². The predicted molar refractivity (Wildman–Crippen MR) is 101 cm³/mol. The number of methoxy groups -OCH3 is 1. The molecule has 0 aliphatic heterocycles. The monoisotopic (exact) mass is 348 g/mol. The molecule has 0 bridgehead atoms. The summed E-state index contributed by atoms with van der Waals surface area (Å²) in [6, 6.07) is 18.8. The SMILES string of the molecule is COc1ccc(Nc2ccc(C(=O)NCc3cccc(C)c3)nn2)cc1. The number of hydrogen-bond donors (Lipinski definition) is 2. The number of ether oxygens (including phenoxy) is 1. The lowest BCUT2D eigenvalue weighted by molar-refractivity contribution is 0.0945. The Bertz CT molecular complexity index is 877. The van der Waals surface area contributed by atoms with Crippen LogP contribution in [0, 0.1) is 6.92 Å². The number of carbonyl (C=O) groups excluding carboxylic acids is 1. The van der Waals surface area contributed by atoms with E-state index in [0.717, 1.165) is 22.6 Å². The molecule has 0 spiro atoms. The maximum absolute atomic E-state index is 12.2. The number of aryl methyl sites for hydroxylation is 1. The van der Waals surface area contributed by atoms with Crippen molar-refractivity contribution in [3.05, 3.63) is 77.5 Å². The van der Waals surface area contributed by atoms with Gasteiger partial charge in [0.05, 0.1) is 7.11 Å². The van der Waals surface area contributed by atoms with Crippen LogP contribution in [0.4, 0.5) is 11.5 Å². The van der Waals surface area contributed by atoms with Gasteiger partial charge in [0, 0.05) is 12.2 Å². The molecular formula is C20H20N4O2. The number of rotatable bonds is 6. The third-order valence-electron chi connectivity index (χ3n) is 3.80. The first-order valence-electron chi connectivity index (χ1n) is 8.22. The van der Waals surface area contributed by atoms with E-state index < -0.39 is 0 Å². The van der Waals surface area contributed by atoms with E-state index in [4.69, 9.17) is 4.74 Å². The summed E-state index contributed by atoms with van der Waals surface area (Å²) in [4.78, 5) is 12.2. The van der Waals surface area contributed by atoms with E-state index >= 15 is 0 Å². The molecule has 0 unspecified atom stereocenters. The van der Waals surface area contributed by atoms with Gasteiger partial charge < -0.3 is 15.4 Å². The summed E-state index contributed by atoms with van der Waals surface area (Å²) in [6.07, 6.45) is 0. The zero-order valence-electron chi connectivity index (χ0n) is 14.7. The minimum absolute atomic E-state index is 0.255. The summed E-state index contributed by atoms with van der Waals surface area (Å²) in [7, 11) is 1.62. The number of aromatic nitrogens is 2. The number of anilines is 2. The molecule has 1 aromatic heterocycles. The van der Waals surface area contributed by atoms with Crippen molar-refractivity contribution in [3.8, 4) is 5.75 Å². The number of carbonyl (C=O) groups is 1. The average Bonchev–Trinajstić information content (AvgIpc) is 2.67. The number of hydrogen-bond acceptors (Lipinski definition) is 5. The molecular weight excluding hydrogens is 328 g/mol. The number of benzene rings is 2. The van der Waals surface area contributed by atoms with Crippen molar-refractivity contribution in [1.82, 2.24) is 15.5 Å². The van der Waals surface area contributed by atoms with E-state index in [2.05, 4.69) is 20.8 Å². The minimum atomic E-state index is -0.255. The molecule has 0 saturated carbocycles. The molecule has 2 N–H and O–H groups in total. The third-order valence-corrected chi connectivity index (χ3v) is 3.80. The topological polar surface area (TPSA) is 76.1 Å². The molecule has 3 rings (SSSR count). The van der Waals surface area contributed by atoms with E-state index in [1.807, 2.05) is 55.5 Å². The van der Waals surface area contributed by atoms with Gasteiger partial charge in [-0.15, -0.1) is 10.2 Å². The van der Waals surface area contributed by atoms with Gasteiger partial charge in [-0.25, -0.2) is 0 Å². The second-order valence-electron chi connectivity index (χ2n) is 5.83. The Kier molecular flexibility index (Phi) is 5.43. The molecule has 26 heavy (non-hydrogen) atoms. The fourth-order valence-electron chi connectivity index (χ4n) is 2.44. The van der Waals surface area contributed by atoms with E-state index in [9.17, 15) is 4.79 Å². The first kappa shape index (κ1) is 17.4.